The van der Waals surface area contributed by atoms with Gasteiger partial charge in [0.2, 0.25) is 0 Å². The van der Waals surface area contributed by atoms with Gasteiger partial charge in [0.1, 0.15) is 6.04 Å². The monoisotopic (exact) mass is 315 g/mol. The molecule has 0 spiro atoms. The predicted molar refractivity (Wildman–Crippen MR) is 73.7 cm³/mol. The highest BCUT2D eigenvalue weighted by atomic mass is 79.9. The van der Waals surface area contributed by atoms with Gasteiger partial charge in [0.25, 0.3) is 5.56 Å². The first-order valence-electron chi connectivity index (χ1n) is 5.95. The van der Waals surface area contributed by atoms with Crippen LogP contribution in [0.1, 0.15) is 38.8 Å². The molecular formula is C13H18BrNO3. The third-order valence-corrected chi connectivity index (χ3v) is 2.97. The lowest BCUT2D eigenvalue weighted by Crippen LogP contribution is -2.32. The number of halogens is 1. The van der Waals surface area contributed by atoms with Crippen LogP contribution in [-0.2, 0) is 9.53 Å². The lowest BCUT2D eigenvalue weighted by molar-refractivity contribution is -0.151. The van der Waals surface area contributed by atoms with Crippen LogP contribution in [0.25, 0.3) is 0 Å². The van der Waals surface area contributed by atoms with Crippen LogP contribution in [-0.4, -0.2) is 16.6 Å². The van der Waals surface area contributed by atoms with Crippen molar-refractivity contribution in [3.05, 3.63) is 32.7 Å². The zero-order valence-corrected chi connectivity index (χ0v) is 12.7. The molecule has 1 heterocycles. The molecule has 1 aromatic rings. The number of hydrogen-bond acceptors (Lipinski definition) is 3. The van der Waals surface area contributed by atoms with Crippen molar-refractivity contribution in [1.82, 2.24) is 4.57 Å². The van der Waals surface area contributed by atoms with Crippen molar-refractivity contribution < 1.29 is 9.53 Å². The molecule has 0 aliphatic carbocycles. The first kappa shape index (κ1) is 15.0. The normalized spacial score (nSPS) is 12.6. The molecule has 1 unspecified atom stereocenters. The minimum atomic E-state index is -0.573. The first-order chi connectivity index (χ1) is 8.36. The van der Waals surface area contributed by atoms with Crippen molar-refractivity contribution in [2.75, 3.05) is 0 Å². The number of carbonyl (C=O) groups is 1. The van der Waals surface area contributed by atoms with Gasteiger partial charge in [0.15, 0.2) is 0 Å². The maximum atomic E-state index is 12.0. The fourth-order valence-corrected chi connectivity index (χ4v) is 2.28. The molecule has 0 N–H and O–H groups in total. The largest absolute Gasteiger partial charge is 0.461 e. The number of pyridine rings is 1. The van der Waals surface area contributed by atoms with Gasteiger partial charge in [-0.1, -0.05) is 6.92 Å². The smallest absolute Gasteiger partial charge is 0.329 e. The van der Waals surface area contributed by atoms with Gasteiger partial charge in [0.05, 0.1) is 6.10 Å². The van der Waals surface area contributed by atoms with Gasteiger partial charge in [-0.2, -0.15) is 0 Å². The van der Waals surface area contributed by atoms with Gasteiger partial charge in [-0.25, -0.2) is 4.79 Å². The zero-order valence-electron chi connectivity index (χ0n) is 11.1. The molecular weight excluding hydrogens is 298 g/mol. The van der Waals surface area contributed by atoms with E-state index in [1.54, 1.807) is 33.0 Å². The lowest BCUT2D eigenvalue weighted by Gasteiger charge is -2.19. The van der Waals surface area contributed by atoms with Crippen molar-refractivity contribution in [2.24, 2.45) is 0 Å². The number of aryl methyl sites for hydroxylation is 1. The fourth-order valence-electron chi connectivity index (χ4n) is 1.72. The summed E-state index contributed by atoms with van der Waals surface area (Å²) in [6.07, 6.45) is 1.96. The molecule has 0 bridgehead atoms. The van der Waals surface area contributed by atoms with E-state index in [2.05, 4.69) is 15.9 Å². The molecule has 18 heavy (non-hydrogen) atoms. The van der Waals surface area contributed by atoms with Crippen molar-refractivity contribution in [3.63, 3.8) is 0 Å². The first-order valence-corrected chi connectivity index (χ1v) is 6.74. The second-order valence-electron chi connectivity index (χ2n) is 4.46. The van der Waals surface area contributed by atoms with Crippen LogP contribution in [0.3, 0.4) is 0 Å². The van der Waals surface area contributed by atoms with Gasteiger partial charge in [-0.3, -0.25) is 9.36 Å². The van der Waals surface area contributed by atoms with Crippen LogP contribution in [0.4, 0.5) is 0 Å². The Morgan fingerprint density at radius 3 is 2.61 bits per heavy atom. The Labute approximate surface area is 115 Å². The summed E-state index contributed by atoms with van der Waals surface area (Å²) >= 11 is 3.33. The number of ether oxygens (including phenoxy) is 1. The maximum absolute atomic E-state index is 12.0. The molecule has 100 valence electrons. The van der Waals surface area contributed by atoms with E-state index in [-0.39, 0.29) is 17.6 Å². The molecule has 5 heteroatoms. The van der Waals surface area contributed by atoms with E-state index < -0.39 is 6.04 Å². The molecule has 4 nitrogen and oxygen atoms in total. The molecule has 0 aliphatic rings. The van der Waals surface area contributed by atoms with Gasteiger partial charge in [-0.15, -0.1) is 0 Å². The van der Waals surface area contributed by atoms with Crippen LogP contribution < -0.4 is 5.56 Å². The Morgan fingerprint density at radius 2 is 2.11 bits per heavy atom. The molecule has 0 aromatic carbocycles. The Morgan fingerprint density at radius 1 is 1.50 bits per heavy atom. The molecule has 0 aliphatic heterocycles. The fraction of sp³-hybridized carbons (Fsp3) is 0.538. The quantitative estimate of drug-likeness (QED) is 0.803. The second-order valence-corrected chi connectivity index (χ2v) is 5.38. The average molecular weight is 316 g/mol. The summed E-state index contributed by atoms with van der Waals surface area (Å²) in [5, 5.41) is 0. The molecule has 0 saturated heterocycles. The Kier molecular flexibility index (Phi) is 5.14. The Hall–Kier alpha value is -1.10. The molecule has 0 amide bonds. The van der Waals surface area contributed by atoms with E-state index in [0.29, 0.717) is 12.0 Å². The highest BCUT2D eigenvalue weighted by Gasteiger charge is 2.22. The van der Waals surface area contributed by atoms with E-state index in [4.69, 9.17) is 4.74 Å². The average Bonchev–Trinajstić information content (AvgIpc) is 2.24. The third-order valence-electron chi connectivity index (χ3n) is 2.54. The van der Waals surface area contributed by atoms with Crippen LogP contribution in [0.15, 0.2) is 21.5 Å². The number of nitrogens with zero attached hydrogens (tertiary/aromatic N) is 1. The summed E-state index contributed by atoms with van der Waals surface area (Å²) in [7, 11) is 0. The highest BCUT2D eigenvalue weighted by Crippen LogP contribution is 2.16. The molecule has 1 atom stereocenters. The minimum absolute atomic E-state index is 0.161. The van der Waals surface area contributed by atoms with Gasteiger partial charge >= 0.3 is 5.97 Å². The topological polar surface area (TPSA) is 48.3 Å². The van der Waals surface area contributed by atoms with E-state index in [1.165, 1.54) is 4.57 Å². The molecule has 0 saturated carbocycles. The molecule has 0 fully saturated rings. The number of esters is 1. The van der Waals surface area contributed by atoms with Gasteiger partial charge < -0.3 is 4.74 Å². The molecule has 0 radical (unpaired) electrons. The van der Waals surface area contributed by atoms with Crippen LogP contribution in [0.2, 0.25) is 0 Å². The van der Waals surface area contributed by atoms with Gasteiger partial charge in [0, 0.05) is 16.2 Å². The molecule has 1 aromatic heterocycles. The zero-order chi connectivity index (χ0) is 13.9. The van der Waals surface area contributed by atoms with Crippen LogP contribution >= 0.6 is 15.9 Å². The summed E-state index contributed by atoms with van der Waals surface area (Å²) in [4.78, 5) is 24.0. The van der Waals surface area contributed by atoms with E-state index in [9.17, 15) is 9.59 Å². The molecule has 1 rings (SSSR count). The number of aromatic nitrogens is 1. The van der Waals surface area contributed by atoms with Crippen LogP contribution in [0.5, 0.6) is 0 Å². The third kappa shape index (κ3) is 3.45. The predicted octanol–water partition coefficient (Wildman–Crippen LogP) is 2.82. The SMILES string of the molecule is CCC(C(=O)OC(C)C)n1cc(Br)cc(C)c1=O. The van der Waals surface area contributed by atoms with E-state index in [0.717, 1.165) is 4.47 Å². The summed E-state index contributed by atoms with van der Waals surface area (Å²) < 4.78 is 7.39. The Balaban J connectivity index is 3.17. The number of rotatable bonds is 4. The standard InChI is InChI=1S/C13H18BrNO3/c1-5-11(13(17)18-8(2)3)15-7-10(14)6-9(4)12(15)16/h6-8,11H,5H2,1-4H3. The summed E-state index contributed by atoms with van der Waals surface area (Å²) in [5.41, 5.74) is 0.436. The highest BCUT2D eigenvalue weighted by molar-refractivity contribution is 9.10. The summed E-state index contributed by atoms with van der Waals surface area (Å²) in [5.74, 6) is -0.368. The minimum Gasteiger partial charge on any atom is -0.461 e. The van der Waals surface area contributed by atoms with E-state index >= 15 is 0 Å². The number of hydrogen-bond donors (Lipinski definition) is 0. The van der Waals surface area contributed by atoms with E-state index in [1.807, 2.05) is 6.92 Å². The van der Waals surface area contributed by atoms with Crippen molar-refractivity contribution >= 4 is 21.9 Å². The number of carbonyl (C=O) groups excluding carboxylic acids is 1. The van der Waals surface area contributed by atoms with Crippen molar-refractivity contribution in [3.8, 4) is 0 Å². The lowest BCUT2D eigenvalue weighted by atomic mass is 10.2. The van der Waals surface area contributed by atoms with Crippen molar-refractivity contribution in [2.45, 2.75) is 46.3 Å². The Bertz CT molecular complexity index is 493. The summed E-state index contributed by atoms with van der Waals surface area (Å²) in [6, 6.07) is 1.16. The summed E-state index contributed by atoms with van der Waals surface area (Å²) in [6.45, 7) is 7.16. The maximum Gasteiger partial charge on any atom is 0.329 e. The van der Waals surface area contributed by atoms with Gasteiger partial charge in [-0.05, 0) is 49.2 Å². The van der Waals surface area contributed by atoms with Crippen LogP contribution in [0, 0.1) is 6.92 Å². The second kappa shape index (κ2) is 6.18. The van der Waals surface area contributed by atoms with Crippen molar-refractivity contribution in [1.29, 1.82) is 0 Å².